The number of alkyl halides is 3. The third-order valence-electron chi connectivity index (χ3n) is 4.18. The lowest BCUT2D eigenvalue weighted by atomic mass is 9.89. The van der Waals surface area contributed by atoms with Crippen molar-refractivity contribution in [3.8, 4) is 11.3 Å². The summed E-state index contributed by atoms with van der Waals surface area (Å²) < 4.78 is 40.9. The molecule has 23 heavy (non-hydrogen) atoms. The summed E-state index contributed by atoms with van der Waals surface area (Å²) in [5.74, 6) is -0.405. The van der Waals surface area contributed by atoms with Crippen molar-refractivity contribution in [3.05, 3.63) is 75.1 Å². The lowest BCUT2D eigenvalue weighted by Crippen LogP contribution is -2.13. The highest BCUT2D eigenvalue weighted by Gasteiger charge is 2.42. The Kier molecular flexibility index (Phi) is 3.10. The van der Waals surface area contributed by atoms with Gasteiger partial charge in [-0.2, -0.15) is 24.5 Å². The van der Waals surface area contributed by atoms with E-state index in [0.29, 0.717) is 11.4 Å². The fourth-order valence-corrected chi connectivity index (χ4v) is 4.01. The molecule has 1 nitrogen and oxygen atoms in total. The predicted octanol–water partition coefficient (Wildman–Crippen LogP) is 5.63. The maximum Gasteiger partial charge on any atom is 0.416 e. The number of thiophene rings is 1. The molecule has 3 aromatic rings. The van der Waals surface area contributed by atoms with Crippen LogP contribution < -0.4 is 0 Å². The van der Waals surface area contributed by atoms with Gasteiger partial charge in [-0.25, -0.2) is 0 Å². The van der Waals surface area contributed by atoms with E-state index in [-0.39, 0.29) is 5.56 Å². The van der Waals surface area contributed by atoms with Crippen LogP contribution in [0.25, 0.3) is 11.3 Å². The summed E-state index contributed by atoms with van der Waals surface area (Å²) >= 11 is 1.49. The molecule has 0 spiro atoms. The van der Waals surface area contributed by atoms with E-state index in [9.17, 15) is 13.2 Å². The van der Waals surface area contributed by atoms with Gasteiger partial charge in [0, 0.05) is 22.7 Å². The van der Waals surface area contributed by atoms with Gasteiger partial charge in [-0.05, 0) is 40.9 Å². The molecule has 0 fully saturated rings. The van der Waals surface area contributed by atoms with Gasteiger partial charge in [0.05, 0.1) is 11.3 Å². The van der Waals surface area contributed by atoms with Gasteiger partial charge in [-0.15, -0.1) is 0 Å². The van der Waals surface area contributed by atoms with E-state index < -0.39 is 17.7 Å². The SMILES string of the molecule is Cc1cc(C(F)(F)F)c2c(n1)-c1ccccc1C2c1ccsc1. The molecule has 0 amide bonds. The maximum absolute atomic E-state index is 13.6. The average molecular weight is 331 g/mol. The molecule has 0 saturated heterocycles. The molecule has 0 aliphatic heterocycles. The van der Waals surface area contributed by atoms with Crippen LogP contribution in [0.15, 0.2) is 47.2 Å². The highest BCUT2D eigenvalue weighted by Crippen LogP contribution is 2.51. The van der Waals surface area contributed by atoms with E-state index in [1.165, 1.54) is 11.3 Å². The van der Waals surface area contributed by atoms with Crippen molar-refractivity contribution in [2.75, 3.05) is 0 Å². The van der Waals surface area contributed by atoms with Crippen LogP contribution in [-0.2, 0) is 6.18 Å². The molecule has 4 rings (SSSR count). The van der Waals surface area contributed by atoms with Crippen LogP contribution in [0.1, 0.15) is 33.9 Å². The molecule has 1 aliphatic carbocycles. The van der Waals surface area contributed by atoms with E-state index in [4.69, 9.17) is 0 Å². The Morgan fingerprint density at radius 3 is 2.61 bits per heavy atom. The standard InChI is InChI=1S/C18H12F3NS/c1-10-8-14(18(19,20)21)16-15(11-6-7-23-9-11)12-4-2-3-5-13(12)17(16)22-10/h2-9,15H,1H3. The molecule has 2 heterocycles. The van der Waals surface area contributed by atoms with Crippen molar-refractivity contribution < 1.29 is 13.2 Å². The monoisotopic (exact) mass is 331 g/mol. The van der Waals surface area contributed by atoms with Crippen molar-refractivity contribution in [3.63, 3.8) is 0 Å². The molecule has 1 atom stereocenters. The Hall–Kier alpha value is -2.14. The van der Waals surface area contributed by atoms with Gasteiger partial charge in [-0.1, -0.05) is 24.3 Å². The molecule has 0 saturated carbocycles. The zero-order valence-corrected chi connectivity index (χ0v) is 13.0. The van der Waals surface area contributed by atoms with Gasteiger partial charge < -0.3 is 0 Å². The Morgan fingerprint density at radius 2 is 1.91 bits per heavy atom. The number of nitrogens with zero attached hydrogens (tertiary/aromatic N) is 1. The number of halogens is 3. The molecule has 2 aromatic heterocycles. The largest absolute Gasteiger partial charge is 0.416 e. The maximum atomic E-state index is 13.6. The van der Waals surface area contributed by atoms with Crippen LogP contribution in [0.2, 0.25) is 0 Å². The van der Waals surface area contributed by atoms with Gasteiger partial charge in [0.1, 0.15) is 0 Å². The number of aromatic nitrogens is 1. The highest BCUT2D eigenvalue weighted by atomic mass is 32.1. The third-order valence-corrected chi connectivity index (χ3v) is 4.89. The lowest BCUT2D eigenvalue weighted by molar-refractivity contribution is -0.138. The first-order chi connectivity index (χ1) is 11.0. The first-order valence-corrected chi connectivity index (χ1v) is 8.11. The fourth-order valence-electron chi connectivity index (χ4n) is 3.32. The summed E-state index contributed by atoms with van der Waals surface area (Å²) in [6, 6.07) is 10.5. The van der Waals surface area contributed by atoms with Gasteiger partial charge in [-0.3, -0.25) is 4.98 Å². The quantitative estimate of drug-likeness (QED) is 0.440. The van der Waals surface area contributed by atoms with Gasteiger partial charge in [0.25, 0.3) is 0 Å². The molecule has 0 N–H and O–H groups in total. The lowest BCUT2D eigenvalue weighted by Gasteiger charge is -2.18. The smallest absolute Gasteiger partial charge is 0.253 e. The van der Waals surface area contributed by atoms with Gasteiger partial charge >= 0.3 is 6.18 Å². The minimum atomic E-state index is -4.39. The van der Waals surface area contributed by atoms with Crippen LogP contribution in [0.3, 0.4) is 0 Å². The normalized spacial score (nSPS) is 16.3. The van der Waals surface area contributed by atoms with E-state index in [1.54, 1.807) is 6.92 Å². The van der Waals surface area contributed by atoms with Crippen LogP contribution in [0, 0.1) is 6.92 Å². The first kappa shape index (κ1) is 14.5. The highest BCUT2D eigenvalue weighted by molar-refractivity contribution is 7.08. The van der Waals surface area contributed by atoms with E-state index in [1.807, 2.05) is 41.1 Å². The zero-order chi connectivity index (χ0) is 16.2. The van der Waals surface area contributed by atoms with Crippen molar-refractivity contribution in [1.29, 1.82) is 0 Å². The van der Waals surface area contributed by atoms with Crippen molar-refractivity contribution in [2.45, 2.75) is 19.0 Å². The van der Waals surface area contributed by atoms with Crippen molar-refractivity contribution in [1.82, 2.24) is 4.98 Å². The number of pyridine rings is 1. The number of hydrogen-bond donors (Lipinski definition) is 0. The molecule has 1 aromatic carbocycles. The number of fused-ring (bicyclic) bond motifs is 3. The zero-order valence-electron chi connectivity index (χ0n) is 12.2. The summed E-state index contributed by atoms with van der Waals surface area (Å²) in [5, 5.41) is 3.81. The second-order valence-electron chi connectivity index (χ2n) is 5.65. The Bertz CT molecular complexity index is 882. The van der Waals surface area contributed by atoms with Gasteiger partial charge in [0.15, 0.2) is 0 Å². The minimum absolute atomic E-state index is 0.280. The molecule has 0 radical (unpaired) electrons. The molecule has 1 unspecified atom stereocenters. The minimum Gasteiger partial charge on any atom is -0.253 e. The topological polar surface area (TPSA) is 12.9 Å². The Balaban J connectivity index is 2.09. The van der Waals surface area contributed by atoms with Crippen LogP contribution in [0.5, 0.6) is 0 Å². The molecular weight excluding hydrogens is 319 g/mol. The van der Waals surface area contributed by atoms with Gasteiger partial charge in [0.2, 0.25) is 0 Å². The number of hydrogen-bond acceptors (Lipinski definition) is 2. The van der Waals surface area contributed by atoms with Crippen molar-refractivity contribution >= 4 is 11.3 Å². The second-order valence-corrected chi connectivity index (χ2v) is 6.43. The summed E-state index contributed by atoms with van der Waals surface area (Å²) in [6.07, 6.45) is -4.39. The van der Waals surface area contributed by atoms with Crippen molar-refractivity contribution in [2.24, 2.45) is 0 Å². The van der Waals surface area contributed by atoms with Crippen LogP contribution in [0.4, 0.5) is 13.2 Å². The predicted molar refractivity (Wildman–Crippen MR) is 84.7 cm³/mol. The summed E-state index contributed by atoms with van der Waals surface area (Å²) in [6.45, 7) is 1.61. The first-order valence-electron chi connectivity index (χ1n) is 7.17. The number of rotatable bonds is 1. The fraction of sp³-hybridized carbons (Fsp3) is 0.167. The average Bonchev–Trinajstić information content (AvgIpc) is 3.11. The molecule has 5 heteroatoms. The van der Waals surface area contributed by atoms with Crippen LogP contribution in [-0.4, -0.2) is 4.98 Å². The number of aryl methyl sites for hydroxylation is 1. The van der Waals surface area contributed by atoms with E-state index >= 15 is 0 Å². The van der Waals surface area contributed by atoms with E-state index in [2.05, 4.69) is 4.98 Å². The summed E-state index contributed by atoms with van der Waals surface area (Å²) in [4.78, 5) is 4.43. The second kappa shape index (κ2) is 4.93. The molecule has 1 aliphatic rings. The van der Waals surface area contributed by atoms with E-state index in [0.717, 1.165) is 22.8 Å². The third kappa shape index (κ3) is 2.18. The molecular formula is C18H12F3NS. The summed E-state index contributed by atoms with van der Waals surface area (Å²) in [5.41, 5.74) is 3.13. The molecule has 116 valence electrons. The molecule has 0 bridgehead atoms. The Labute approximate surface area is 135 Å². The number of benzene rings is 1. The Morgan fingerprint density at radius 1 is 1.13 bits per heavy atom. The summed E-state index contributed by atoms with van der Waals surface area (Å²) in [7, 11) is 0. The van der Waals surface area contributed by atoms with Crippen LogP contribution >= 0.6 is 11.3 Å².